The van der Waals surface area contributed by atoms with Crippen LogP contribution in [-0.2, 0) is 33.3 Å². The third-order valence-electron chi connectivity index (χ3n) is 8.70. The van der Waals surface area contributed by atoms with Crippen molar-refractivity contribution in [3.63, 3.8) is 0 Å². The van der Waals surface area contributed by atoms with E-state index < -0.39 is 34.8 Å². The molecular weight excluding hydrogens is 392 g/mol. The van der Waals surface area contributed by atoms with Crippen LogP contribution >= 0.6 is 0 Å². The molecule has 1 N–H and O–H groups in total. The van der Waals surface area contributed by atoms with Gasteiger partial charge in [-0.15, -0.1) is 0 Å². The fraction of sp³-hybridized carbons (Fsp3) is 0.773. The van der Waals surface area contributed by atoms with Crippen LogP contribution in [0.2, 0.25) is 0 Å². The summed E-state index contributed by atoms with van der Waals surface area (Å²) in [6, 6.07) is 0. The molecule has 0 aromatic heterocycles. The van der Waals surface area contributed by atoms with Crippen LogP contribution < -0.4 is 0 Å². The topological polar surface area (TPSA) is 108 Å². The first-order chi connectivity index (χ1) is 14.0. The van der Waals surface area contributed by atoms with E-state index in [1.165, 1.54) is 13.0 Å². The summed E-state index contributed by atoms with van der Waals surface area (Å²) in [5.41, 5.74) is -1.34. The van der Waals surface area contributed by atoms with Gasteiger partial charge in [-0.25, -0.2) is 4.79 Å². The van der Waals surface area contributed by atoms with Crippen LogP contribution in [0.1, 0.15) is 53.4 Å². The highest BCUT2D eigenvalue weighted by atomic mass is 16.6. The maximum Gasteiger partial charge on any atom is 0.339 e. The average molecular weight is 420 g/mol. The average Bonchev–Trinajstić information content (AvgIpc) is 3.18. The minimum absolute atomic E-state index is 0.171. The third-order valence-corrected chi connectivity index (χ3v) is 8.70. The fourth-order valence-electron chi connectivity index (χ4n) is 7.30. The molecular formula is C22H28O8. The first kappa shape index (κ1) is 20.0. The first-order valence-corrected chi connectivity index (χ1v) is 10.7. The van der Waals surface area contributed by atoms with E-state index in [4.69, 9.17) is 18.9 Å². The molecule has 2 aliphatic carbocycles. The molecule has 5 aliphatic rings. The molecule has 2 saturated carbocycles. The summed E-state index contributed by atoms with van der Waals surface area (Å²) in [6.07, 6.45) is 1.12. The minimum atomic E-state index is -1.26. The zero-order chi connectivity index (χ0) is 21.6. The maximum atomic E-state index is 12.7. The van der Waals surface area contributed by atoms with E-state index >= 15 is 0 Å². The summed E-state index contributed by atoms with van der Waals surface area (Å²) >= 11 is 0. The SMILES string of the molecule is CC(=O)OC1CCC2C(=O)OC3CC4(C)OC(C5=CC(O)OC5=O)CC4(C)C1C32C. The Morgan fingerprint density at radius 3 is 2.53 bits per heavy atom. The van der Waals surface area contributed by atoms with Gasteiger partial charge in [-0.1, -0.05) is 13.8 Å². The second-order valence-corrected chi connectivity index (χ2v) is 10.1. The Hall–Kier alpha value is -1.93. The molecule has 9 unspecified atom stereocenters. The molecule has 0 bridgehead atoms. The summed E-state index contributed by atoms with van der Waals surface area (Å²) in [5, 5.41) is 9.71. The lowest BCUT2D eigenvalue weighted by Crippen LogP contribution is -2.66. The molecule has 5 rings (SSSR count). The predicted octanol–water partition coefficient (Wildman–Crippen LogP) is 1.64. The smallest absolute Gasteiger partial charge is 0.339 e. The van der Waals surface area contributed by atoms with E-state index in [-0.39, 0.29) is 36.0 Å². The van der Waals surface area contributed by atoms with Gasteiger partial charge in [-0.2, -0.15) is 0 Å². The van der Waals surface area contributed by atoms with E-state index in [0.29, 0.717) is 31.3 Å². The normalized spacial score (nSPS) is 51.6. The fourth-order valence-corrected chi connectivity index (χ4v) is 7.30. The number of hydrogen-bond acceptors (Lipinski definition) is 8. The van der Waals surface area contributed by atoms with E-state index in [9.17, 15) is 19.5 Å². The quantitative estimate of drug-likeness (QED) is 0.531. The standard InChI is InChI=1S/C22H28O8/c1-10(23)27-13-6-5-12-19(26)28-15-9-21(3)20(2,17(13)22(12,15)4)8-14(30-21)11-7-16(24)29-18(11)25/h7,12-17,24H,5-6,8-9H2,1-4H3. The highest BCUT2D eigenvalue weighted by Gasteiger charge is 2.76. The molecule has 0 radical (unpaired) electrons. The van der Waals surface area contributed by atoms with Crippen molar-refractivity contribution in [2.45, 2.75) is 83.6 Å². The summed E-state index contributed by atoms with van der Waals surface area (Å²) in [7, 11) is 0. The van der Waals surface area contributed by atoms with Crippen LogP contribution in [0.15, 0.2) is 11.6 Å². The number of hydrogen-bond donors (Lipinski definition) is 1. The highest BCUT2D eigenvalue weighted by molar-refractivity contribution is 5.92. The van der Waals surface area contributed by atoms with E-state index in [2.05, 4.69) is 13.8 Å². The number of cyclic esters (lactones) is 1. The van der Waals surface area contributed by atoms with Crippen molar-refractivity contribution >= 4 is 17.9 Å². The van der Waals surface area contributed by atoms with Gasteiger partial charge >= 0.3 is 17.9 Å². The van der Waals surface area contributed by atoms with Gasteiger partial charge < -0.3 is 24.1 Å². The summed E-state index contributed by atoms with van der Waals surface area (Å²) in [5.74, 6) is -1.51. The Kier molecular flexibility index (Phi) is 4.04. The van der Waals surface area contributed by atoms with Crippen molar-refractivity contribution < 1.29 is 38.4 Å². The summed E-state index contributed by atoms with van der Waals surface area (Å²) in [6.45, 7) is 7.59. The third kappa shape index (κ3) is 2.37. The van der Waals surface area contributed by atoms with Gasteiger partial charge in [0.1, 0.15) is 12.2 Å². The molecule has 3 heterocycles. The van der Waals surface area contributed by atoms with Crippen LogP contribution in [0.3, 0.4) is 0 Å². The molecule has 0 spiro atoms. The molecule has 0 aromatic carbocycles. The zero-order valence-electron chi connectivity index (χ0n) is 17.7. The molecule has 2 saturated heterocycles. The van der Waals surface area contributed by atoms with Gasteiger partial charge in [-0.05, 0) is 32.3 Å². The van der Waals surface area contributed by atoms with Crippen molar-refractivity contribution in [1.29, 1.82) is 0 Å². The van der Waals surface area contributed by atoms with Gasteiger partial charge in [0.15, 0.2) is 0 Å². The number of carbonyl (C=O) groups is 3. The number of aliphatic hydroxyl groups is 1. The number of esters is 3. The van der Waals surface area contributed by atoms with E-state index in [1.807, 2.05) is 6.92 Å². The molecule has 164 valence electrons. The van der Waals surface area contributed by atoms with Gasteiger partial charge in [0, 0.05) is 30.1 Å². The van der Waals surface area contributed by atoms with Crippen LogP contribution in [0.25, 0.3) is 0 Å². The monoisotopic (exact) mass is 420 g/mol. The molecule has 0 aromatic rings. The van der Waals surface area contributed by atoms with Gasteiger partial charge in [0.2, 0.25) is 6.29 Å². The van der Waals surface area contributed by atoms with E-state index in [1.54, 1.807) is 0 Å². The van der Waals surface area contributed by atoms with Crippen molar-refractivity contribution in [3.05, 3.63) is 11.6 Å². The molecule has 8 heteroatoms. The van der Waals surface area contributed by atoms with Crippen molar-refractivity contribution in [2.24, 2.45) is 22.7 Å². The zero-order valence-corrected chi connectivity index (χ0v) is 17.7. The Bertz CT molecular complexity index is 865. The molecule has 4 fully saturated rings. The van der Waals surface area contributed by atoms with Crippen molar-refractivity contribution in [2.75, 3.05) is 0 Å². The summed E-state index contributed by atoms with van der Waals surface area (Å²) in [4.78, 5) is 36.9. The van der Waals surface area contributed by atoms with Gasteiger partial charge in [0.05, 0.1) is 23.2 Å². The Morgan fingerprint density at radius 1 is 1.17 bits per heavy atom. The van der Waals surface area contributed by atoms with E-state index in [0.717, 1.165) is 0 Å². The molecule has 8 nitrogen and oxygen atoms in total. The number of aliphatic hydroxyl groups excluding tert-OH is 1. The first-order valence-electron chi connectivity index (χ1n) is 10.7. The van der Waals surface area contributed by atoms with Crippen LogP contribution in [0.4, 0.5) is 0 Å². The number of rotatable bonds is 2. The van der Waals surface area contributed by atoms with Crippen molar-refractivity contribution in [1.82, 2.24) is 0 Å². The number of ether oxygens (including phenoxy) is 4. The molecule has 9 atom stereocenters. The number of fused-ring (bicyclic) bond motifs is 2. The minimum Gasteiger partial charge on any atom is -0.462 e. The highest BCUT2D eigenvalue weighted by Crippen LogP contribution is 2.71. The molecule has 30 heavy (non-hydrogen) atoms. The Labute approximate surface area is 174 Å². The molecule has 0 amide bonds. The largest absolute Gasteiger partial charge is 0.462 e. The van der Waals surface area contributed by atoms with Gasteiger partial charge in [-0.3, -0.25) is 9.59 Å². The van der Waals surface area contributed by atoms with Crippen LogP contribution in [-0.4, -0.2) is 53.2 Å². The lowest BCUT2D eigenvalue weighted by Gasteiger charge is -2.61. The Morgan fingerprint density at radius 2 is 1.90 bits per heavy atom. The maximum absolute atomic E-state index is 12.7. The lowest BCUT2D eigenvalue weighted by atomic mass is 9.43. The van der Waals surface area contributed by atoms with Crippen LogP contribution in [0, 0.1) is 22.7 Å². The van der Waals surface area contributed by atoms with Crippen LogP contribution in [0.5, 0.6) is 0 Å². The second-order valence-electron chi connectivity index (χ2n) is 10.1. The molecule has 3 aliphatic heterocycles. The van der Waals surface area contributed by atoms with Gasteiger partial charge in [0.25, 0.3) is 0 Å². The Balaban J connectivity index is 1.59. The second kappa shape index (κ2) is 6.07. The summed E-state index contributed by atoms with van der Waals surface area (Å²) < 4.78 is 23.0. The number of carbonyl (C=O) groups excluding carboxylic acids is 3. The predicted molar refractivity (Wildman–Crippen MR) is 101 cm³/mol. The lowest BCUT2D eigenvalue weighted by molar-refractivity contribution is -0.228. The van der Waals surface area contributed by atoms with Crippen molar-refractivity contribution in [3.8, 4) is 0 Å².